The van der Waals surface area contributed by atoms with Gasteiger partial charge in [0, 0.05) is 6.42 Å². The summed E-state index contributed by atoms with van der Waals surface area (Å²) in [5.74, 6) is -4.67. The van der Waals surface area contributed by atoms with Crippen LogP contribution >= 0.6 is 0 Å². The van der Waals surface area contributed by atoms with Crippen LogP contribution in [0.2, 0.25) is 0 Å². The highest BCUT2D eigenvalue weighted by molar-refractivity contribution is 4.82. The highest BCUT2D eigenvalue weighted by Gasteiger charge is 2.56. The normalized spacial score (nSPS) is 16.2. The van der Waals surface area contributed by atoms with E-state index < -0.39 is 31.4 Å². The van der Waals surface area contributed by atoms with Crippen LogP contribution in [0.4, 0.5) is 30.7 Å². The third-order valence-corrected chi connectivity index (χ3v) is 1.09. The molecule has 0 N–H and O–H groups in total. The van der Waals surface area contributed by atoms with Crippen LogP contribution in [-0.4, -0.2) is 24.9 Å². The summed E-state index contributed by atoms with van der Waals surface area (Å²) in [7, 11) is 0. The molecule has 74 valence electrons. The summed E-state index contributed by atoms with van der Waals surface area (Å²) >= 11 is 0. The topological polar surface area (TPSA) is 0 Å². The lowest BCUT2D eigenvalue weighted by Crippen LogP contribution is -2.41. The van der Waals surface area contributed by atoms with Crippen LogP contribution in [-0.2, 0) is 0 Å². The van der Waals surface area contributed by atoms with Gasteiger partial charge in [-0.05, 0) is 0 Å². The minimum atomic E-state index is -5.64. The van der Waals surface area contributed by atoms with E-state index >= 15 is 0 Å². The van der Waals surface area contributed by atoms with Gasteiger partial charge in [-0.15, -0.1) is 0 Å². The largest absolute Gasteiger partial charge is 0.425 e. The first-order chi connectivity index (χ1) is 5.22. The second-order valence-electron chi connectivity index (χ2n) is 2.10. The standard InChI is InChI=1S/C5H5F7/c6-2-1-4(8,9)3(7)5(10,11)12/h3H,1-2H2. The molecule has 0 aliphatic carbocycles. The molecule has 0 aliphatic rings. The molecule has 0 fully saturated rings. The Hall–Kier alpha value is -0.490. The van der Waals surface area contributed by atoms with Crippen molar-refractivity contribution in [2.75, 3.05) is 6.67 Å². The molecular formula is C5H5F7. The Bertz CT molecular complexity index is 137. The molecule has 0 aromatic carbocycles. The summed E-state index contributed by atoms with van der Waals surface area (Å²) in [5.41, 5.74) is 0. The molecule has 12 heavy (non-hydrogen) atoms. The Labute approximate surface area is 63.4 Å². The van der Waals surface area contributed by atoms with Crippen LogP contribution < -0.4 is 0 Å². The molecule has 0 rings (SSSR count). The molecule has 0 bridgehead atoms. The molecule has 0 nitrogen and oxygen atoms in total. The van der Waals surface area contributed by atoms with E-state index in [1.165, 1.54) is 0 Å². The summed E-state index contributed by atoms with van der Waals surface area (Å²) in [6.45, 7) is -1.69. The molecule has 0 saturated carbocycles. The lowest BCUT2D eigenvalue weighted by Gasteiger charge is -2.21. The van der Waals surface area contributed by atoms with Gasteiger partial charge in [0.25, 0.3) is 12.1 Å². The molecule has 0 spiro atoms. The fraction of sp³-hybridized carbons (Fsp3) is 1.00. The monoisotopic (exact) mass is 198 g/mol. The predicted octanol–water partition coefficient (Wildman–Crippen LogP) is 2.88. The maximum Gasteiger partial charge on any atom is 0.425 e. The van der Waals surface area contributed by atoms with E-state index in [1.54, 1.807) is 0 Å². The van der Waals surface area contributed by atoms with Crippen LogP contribution in [0.1, 0.15) is 6.42 Å². The van der Waals surface area contributed by atoms with Crippen LogP contribution in [0.3, 0.4) is 0 Å². The summed E-state index contributed by atoms with van der Waals surface area (Å²) in [4.78, 5) is 0. The third kappa shape index (κ3) is 2.86. The summed E-state index contributed by atoms with van der Waals surface area (Å²) in [6.07, 6.45) is -11.7. The van der Waals surface area contributed by atoms with Gasteiger partial charge in [0.05, 0.1) is 6.67 Å². The van der Waals surface area contributed by atoms with Crippen molar-refractivity contribution in [2.45, 2.75) is 24.7 Å². The maximum absolute atomic E-state index is 12.0. The van der Waals surface area contributed by atoms with Gasteiger partial charge >= 0.3 is 6.18 Å². The molecule has 0 saturated heterocycles. The first-order valence-corrected chi connectivity index (χ1v) is 2.86. The summed E-state index contributed by atoms with van der Waals surface area (Å²) < 4.78 is 80.9. The number of rotatable bonds is 3. The zero-order chi connectivity index (χ0) is 9.99. The van der Waals surface area contributed by atoms with Crippen molar-refractivity contribution in [1.82, 2.24) is 0 Å². The van der Waals surface area contributed by atoms with Gasteiger partial charge in [-0.1, -0.05) is 0 Å². The van der Waals surface area contributed by atoms with Gasteiger partial charge in [0.15, 0.2) is 0 Å². The zero-order valence-corrected chi connectivity index (χ0v) is 5.64. The van der Waals surface area contributed by atoms with Crippen molar-refractivity contribution >= 4 is 0 Å². The van der Waals surface area contributed by atoms with Crippen LogP contribution in [0.5, 0.6) is 0 Å². The van der Waals surface area contributed by atoms with Gasteiger partial charge in [0.2, 0.25) is 0 Å². The van der Waals surface area contributed by atoms with Crippen LogP contribution in [0.15, 0.2) is 0 Å². The second kappa shape index (κ2) is 3.49. The van der Waals surface area contributed by atoms with Gasteiger partial charge < -0.3 is 0 Å². The number of alkyl halides is 7. The average Bonchev–Trinajstić information content (AvgIpc) is 1.84. The van der Waals surface area contributed by atoms with Gasteiger partial charge in [-0.3, -0.25) is 4.39 Å². The molecule has 0 heterocycles. The summed E-state index contributed by atoms with van der Waals surface area (Å²) in [5, 5.41) is 0. The van der Waals surface area contributed by atoms with E-state index in [9.17, 15) is 30.7 Å². The predicted molar refractivity (Wildman–Crippen MR) is 26.5 cm³/mol. The van der Waals surface area contributed by atoms with Crippen molar-refractivity contribution in [3.63, 3.8) is 0 Å². The molecule has 0 aromatic heterocycles. The minimum absolute atomic E-state index is 1.69. The van der Waals surface area contributed by atoms with Crippen molar-refractivity contribution < 1.29 is 30.7 Å². The molecule has 0 aromatic rings. The first kappa shape index (κ1) is 11.5. The summed E-state index contributed by atoms with van der Waals surface area (Å²) in [6, 6.07) is 0. The molecule has 1 atom stereocenters. The highest BCUT2D eigenvalue weighted by Crippen LogP contribution is 2.36. The van der Waals surface area contributed by atoms with E-state index in [0.717, 1.165) is 0 Å². The first-order valence-electron chi connectivity index (χ1n) is 2.86. The van der Waals surface area contributed by atoms with E-state index in [4.69, 9.17) is 0 Å². The Kier molecular flexibility index (Phi) is 3.34. The number of hydrogen-bond donors (Lipinski definition) is 0. The SMILES string of the molecule is FCCC(F)(F)C(F)C(F)(F)F. The maximum atomic E-state index is 12.0. The minimum Gasteiger partial charge on any atom is -0.251 e. The molecule has 0 amide bonds. The molecular weight excluding hydrogens is 193 g/mol. The number of halogens is 7. The van der Waals surface area contributed by atoms with Crippen molar-refractivity contribution in [3.8, 4) is 0 Å². The van der Waals surface area contributed by atoms with Crippen molar-refractivity contribution in [2.24, 2.45) is 0 Å². The van der Waals surface area contributed by atoms with Crippen molar-refractivity contribution in [1.29, 1.82) is 0 Å². The molecule has 7 heteroatoms. The average molecular weight is 198 g/mol. The molecule has 0 aliphatic heterocycles. The van der Waals surface area contributed by atoms with Gasteiger partial charge in [-0.2, -0.15) is 13.2 Å². The lowest BCUT2D eigenvalue weighted by molar-refractivity contribution is -0.246. The van der Waals surface area contributed by atoms with E-state index in [0.29, 0.717) is 0 Å². The quantitative estimate of drug-likeness (QED) is 0.611. The Morgan fingerprint density at radius 3 is 1.67 bits per heavy atom. The van der Waals surface area contributed by atoms with E-state index in [2.05, 4.69) is 0 Å². The molecule has 1 unspecified atom stereocenters. The van der Waals surface area contributed by atoms with Gasteiger partial charge in [-0.25, -0.2) is 13.2 Å². The number of hydrogen-bond acceptors (Lipinski definition) is 0. The van der Waals surface area contributed by atoms with Crippen molar-refractivity contribution in [3.05, 3.63) is 0 Å². The fourth-order valence-electron chi connectivity index (χ4n) is 0.492. The Morgan fingerprint density at radius 1 is 1.00 bits per heavy atom. The molecule has 0 radical (unpaired) electrons. The Balaban J connectivity index is 4.34. The fourth-order valence-corrected chi connectivity index (χ4v) is 0.492. The second-order valence-corrected chi connectivity index (χ2v) is 2.10. The smallest absolute Gasteiger partial charge is 0.251 e. The lowest BCUT2D eigenvalue weighted by atomic mass is 10.1. The Morgan fingerprint density at radius 2 is 1.42 bits per heavy atom. The van der Waals surface area contributed by atoms with E-state index in [1.807, 2.05) is 0 Å². The van der Waals surface area contributed by atoms with Crippen LogP contribution in [0, 0.1) is 0 Å². The van der Waals surface area contributed by atoms with Crippen LogP contribution in [0.25, 0.3) is 0 Å². The zero-order valence-electron chi connectivity index (χ0n) is 5.64. The van der Waals surface area contributed by atoms with E-state index in [-0.39, 0.29) is 0 Å². The third-order valence-electron chi connectivity index (χ3n) is 1.09. The highest BCUT2D eigenvalue weighted by atomic mass is 19.4. The van der Waals surface area contributed by atoms with Gasteiger partial charge in [0.1, 0.15) is 0 Å².